The number of aryl methyl sites for hydroxylation is 1. The van der Waals surface area contributed by atoms with Crippen LogP contribution in [0, 0.1) is 6.92 Å². The summed E-state index contributed by atoms with van der Waals surface area (Å²) in [4.78, 5) is 15.2. The Kier molecular flexibility index (Phi) is 6.19. The molecule has 0 bridgehead atoms. The smallest absolute Gasteiger partial charge is 0.334 e. The Morgan fingerprint density at radius 3 is 2.41 bits per heavy atom. The molecule has 152 valence electrons. The third kappa shape index (κ3) is 4.81. The van der Waals surface area contributed by atoms with Crippen molar-refractivity contribution in [3.05, 3.63) is 87.6 Å². The maximum atomic E-state index is 12.9. The zero-order valence-corrected chi connectivity index (χ0v) is 17.4. The fourth-order valence-electron chi connectivity index (χ4n) is 3.84. The molecule has 0 aliphatic carbocycles. The predicted molar refractivity (Wildman–Crippen MR) is 116 cm³/mol. The maximum Gasteiger partial charge on any atom is 0.334 e. The second-order valence-corrected chi connectivity index (χ2v) is 8.03. The number of hydrogen-bond donors (Lipinski definition) is 0. The molecule has 0 amide bonds. The van der Waals surface area contributed by atoms with Crippen molar-refractivity contribution in [1.29, 1.82) is 0 Å². The van der Waals surface area contributed by atoms with Gasteiger partial charge >= 0.3 is 5.69 Å². The molecule has 4 rings (SSSR count). The van der Waals surface area contributed by atoms with Crippen LogP contribution in [0.5, 0.6) is 0 Å². The normalized spacial score (nSPS) is 15.7. The van der Waals surface area contributed by atoms with Gasteiger partial charge in [-0.1, -0.05) is 41.9 Å². The summed E-state index contributed by atoms with van der Waals surface area (Å²) in [5, 5.41) is 0.663. The first-order valence-electron chi connectivity index (χ1n) is 10.0. The zero-order chi connectivity index (χ0) is 20.2. The molecule has 1 aliphatic heterocycles. The van der Waals surface area contributed by atoms with Crippen molar-refractivity contribution in [3.8, 4) is 5.69 Å². The Morgan fingerprint density at radius 2 is 1.72 bits per heavy atom. The first-order valence-corrected chi connectivity index (χ1v) is 10.4. The van der Waals surface area contributed by atoms with E-state index in [2.05, 4.69) is 17.0 Å². The van der Waals surface area contributed by atoms with Gasteiger partial charge in [0.15, 0.2) is 0 Å². The summed E-state index contributed by atoms with van der Waals surface area (Å²) < 4.78 is 9.59. The molecule has 0 N–H and O–H groups in total. The van der Waals surface area contributed by atoms with Gasteiger partial charge in [0.2, 0.25) is 0 Å². The number of rotatable bonds is 6. The van der Waals surface area contributed by atoms with Crippen molar-refractivity contribution in [2.75, 3.05) is 13.1 Å². The molecule has 1 aromatic heterocycles. The Hall–Kier alpha value is -2.34. The van der Waals surface area contributed by atoms with Crippen molar-refractivity contribution in [2.24, 2.45) is 0 Å². The van der Waals surface area contributed by atoms with Gasteiger partial charge in [-0.3, -0.25) is 14.0 Å². The van der Waals surface area contributed by atoms with Crippen LogP contribution in [0.4, 0.5) is 0 Å². The van der Waals surface area contributed by atoms with E-state index in [1.54, 1.807) is 21.3 Å². The van der Waals surface area contributed by atoms with E-state index in [1.165, 1.54) is 5.56 Å². The molecule has 1 saturated heterocycles. The molecule has 0 saturated carbocycles. The van der Waals surface area contributed by atoms with Crippen molar-refractivity contribution >= 4 is 11.6 Å². The second-order valence-electron chi connectivity index (χ2n) is 7.59. The highest BCUT2D eigenvalue weighted by atomic mass is 35.5. The van der Waals surface area contributed by atoms with Gasteiger partial charge in [-0.05, 0) is 49.6 Å². The Morgan fingerprint density at radius 1 is 1.03 bits per heavy atom. The minimum Gasteiger partial charge on any atom is -0.373 e. The van der Waals surface area contributed by atoms with Crippen molar-refractivity contribution in [2.45, 2.75) is 39.1 Å². The van der Waals surface area contributed by atoms with Crippen LogP contribution in [-0.2, 0) is 18.0 Å². The van der Waals surface area contributed by atoms with Crippen LogP contribution in [0.25, 0.3) is 5.69 Å². The van der Waals surface area contributed by atoms with Crippen LogP contribution in [0.2, 0.25) is 5.02 Å². The highest BCUT2D eigenvalue weighted by Gasteiger charge is 2.21. The fraction of sp³-hybridized carbons (Fsp3) is 0.348. The number of piperidine rings is 1. The first-order chi connectivity index (χ1) is 14.1. The molecule has 2 heterocycles. The molecule has 1 fully saturated rings. The van der Waals surface area contributed by atoms with Gasteiger partial charge in [0.1, 0.15) is 0 Å². The van der Waals surface area contributed by atoms with Gasteiger partial charge in [-0.2, -0.15) is 0 Å². The van der Waals surface area contributed by atoms with E-state index in [1.807, 2.05) is 43.5 Å². The molecule has 1 aliphatic rings. The predicted octanol–water partition coefficient (Wildman–Crippen LogP) is 4.24. The average molecular weight is 412 g/mol. The van der Waals surface area contributed by atoms with Gasteiger partial charge in [-0.25, -0.2) is 4.79 Å². The first kappa shape index (κ1) is 20.0. The van der Waals surface area contributed by atoms with E-state index >= 15 is 0 Å². The van der Waals surface area contributed by atoms with Crippen molar-refractivity contribution < 1.29 is 4.74 Å². The lowest BCUT2D eigenvalue weighted by atomic mass is 10.1. The lowest BCUT2D eigenvalue weighted by Crippen LogP contribution is -2.40. The number of imidazole rings is 1. The number of hydrogen-bond acceptors (Lipinski definition) is 3. The summed E-state index contributed by atoms with van der Waals surface area (Å²) >= 11 is 5.97. The molecule has 0 atom stereocenters. The molecule has 2 aromatic carbocycles. The fourth-order valence-corrected chi connectivity index (χ4v) is 3.97. The summed E-state index contributed by atoms with van der Waals surface area (Å²) in [7, 11) is 0. The number of ether oxygens (including phenoxy) is 1. The summed E-state index contributed by atoms with van der Waals surface area (Å²) in [6, 6.07) is 17.6. The standard InChI is InChI=1S/C23H26ClN3O2/c1-18-15-26(23(28)27(18)21-9-7-20(24)8-10-21)17-25-13-11-22(12-14-25)29-16-19-5-3-2-4-6-19/h2-10,15,22H,11-14,16-17H2,1H3. The van der Waals surface area contributed by atoms with Crippen LogP contribution in [0.1, 0.15) is 24.1 Å². The summed E-state index contributed by atoms with van der Waals surface area (Å²) in [6.07, 6.45) is 4.18. The van der Waals surface area contributed by atoms with Gasteiger partial charge in [0, 0.05) is 30.0 Å². The largest absolute Gasteiger partial charge is 0.373 e. The van der Waals surface area contributed by atoms with Gasteiger partial charge in [0.25, 0.3) is 0 Å². The van der Waals surface area contributed by atoms with Gasteiger partial charge < -0.3 is 4.74 Å². The lowest BCUT2D eigenvalue weighted by Gasteiger charge is -2.31. The van der Waals surface area contributed by atoms with Crippen LogP contribution in [0.3, 0.4) is 0 Å². The molecule has 0 spiro atoms. The third-order valence-electron chi connectivity index (χ3n) is 5.43. The summed E-state index contributed by atoms with van der Waals surface area (Å²) in [6.45, 7) is 5.07. The third-order valence-corrected chi connectivity index (χ3v) is 5.68. The minimum atomic E-state index is -0.0210. The van der Waals surface area contributed by atoms with Crippen LogP contribution in [-0.4, -0.2) is 33.2 Å². The molecule has 5 nitrogen and oxygen atoms in total. The molecule has 3 aromatic rings. The number of nitrogens with zero attached hydrogens (tertiary/aromatic N) is 3. The SMILES string of the molecule is Cc1cn(CN2CCC(OCc3ccccc3)CC2)c(=O)n1-c1ccc(Cl)cc1. The number of halogens is 1. The molecular weight excluding hydrogens is 386 g/mol. The van der Waals surface area contributed by atoms with E-state index in [0.717, 1.165) is 37.3 Å². The van der Waals surface area contributed by atoms with Gasteiger partial charge in [-0.15, -0.1) is 0 Å². The van der Waals surface area contributed by atoms with Crippen molar-refractivity contribution in [1.82, 2.24) is 14.0 Å². The highest BCUT2D eigenvalue weighted by molar-refractivity contribution is 6.30. The number of benzene rings is 2. The molecule has 6 heteroatoms. The summed E-state index contributed by atoms with van der Waals surface area (Å²) in [5.41, 5.74) is 2.94. The van der Waals surface area contributed by atoms with E-state index in [4.69, 9.17) is 16.3 Å². The van der Waals surface area contributed by atoms with E-state index in [0.29, 0.717) is 18.3 Å². The van der Waals surface area contributed by atoms with Crippen molar-refractivity contribution in [3.63, 3.8) is 0 Å². The minimum absolute atomic E-state index is 0.0210. The second kappa shape index (κ2) is 8.99. The Labute approximate surface area is 176 Å². The Bertz CT molecular complexity index is 987. The van der Waals surface area contributed by atoms with Gasteiger partial charge in [0.05, 0.1) is 25.1 Å². The maximum absolute atomic E-state index is 12.9. The lowest BCUT2D eigenvalue weighted by molar-refractivity contribution is -0.00842. The summed E-state index contributed by atoms with van der Waals surface area (Å²) in [5.74, 6) is 0. The molecule has 29 heavy (non-hydrogen) atoms. The van der Waals surface area contributed by atoms with E-state index in [9.17, 15) is 4.79 Å². The molecule has 0 radical (unpaired) electrons. The van der Waals surface area contributed by atoms with E-state index < -0.39 is 0 Å². The monoisotopic (exact) mass is 411 g/mol. The number of likely N-dealkylation sites (tertiary alicyclic amines) is 1. The quantitative estimate of drug-likeness (QED) is 0.609. The highest BCUT2D eigenvalue weighted by Crippen LogP contribution is 2.17. The van der Waals surface area contributed by atoms with Crippen LogP contribution >= 0.6 is 11.6 Å². The van der Waals surface area contributed by atoms with Crippen LogP contribution in [0.15, 0.2) is 65.6 Å². The Balaban J connectivity index is 1.34. The zero-order valence-electron chi connectivity index (χ0n) is 16.6. The van der Waals surface area contributed by atoms with Crippen LogP contribution < -0.4 is 5.69 Å². The van der Waals surface area contributed by atoms with E-state index in [-0.39, 0.29) is 11.8 Å². The topological polar surface area (TPSA) is 39.4 Å². The molecule has 0 unspecified atom stereocenters. The molecular formula is C23H26ClN3O2. The number of aromatic nitrogens is 2. The average Bonchev–Trinajstić information content (AvgIpc) is 3.02.